The molecule has 4 aliphatic rings. The molecule has 3 aromatic carbocycles. The second kappa shape index (κ2) is 32.3. The van der Waals surface area contributed by atoms with Crippen molar-refractivity contribution in [3.05, 3.63) is 134 Å². The van der Waals surface area contributed by atoms with Crippen molar-refractivity contribution in [1.82, 2.24) is 29.4 Å². The van der Waals surface area contributed by atoms with Gasteiger partial charge >= 0.3 is 41.5 Å². The molecule has 0 bridgehead atoms. The molecule has 77 heavy (non-hydrogen) atoms. The molecule has 19 nitrogen and oxygen atoms in total. The third-order valence-corrected chi connectivity index (χ3v) is 14.8. The van der Waals surface area contributed by atoms with Crippen molar-refractivity contribution in [2.75, 3.05) is 52.4 Å². The number of rotatable bonds is 22. The van der Waals surface area contributed by atoms with E-state index in [1.807, 2.05) is 91.0 Å². The van der Waals surface area contributed by atoms with Crippen LogP contribution in [0.25, 0.3) is 0 Å². The Morgan fingerprint density at radius 3 is 1.17 bits per heavy atom. The van der Waals surface area contributed by atoms with E-state index >= 15 is 0 Å². The van der Waals surface area contributed by atoms with Crippen LogP contribution in [0.1, 0.15) is 33.1 Å². The van der Waals surface area contributed by atoms with E-state index in [0.29, 0.717) is 9.89 Å². The van der Waals surface area contributed by atoms with Crippen LogP contribution in [-0.4, -0.2) is 162 Å². The summed E-state index contributed by atoms with van der Waals surface area (Å²) in [5, 5.41) is 17.8. The van der Waals surface area contributed by atoms with Gasteiger partial charge in [0.1, 0.15) is 4.99 Å². The maximum atomic E-state index is 12.9. The number of benzene rings is 3. The fourth-order valence-corrected chi connectivity index (χ4v) is 10.1. The molecule has 0 aromatic heterocycles. The molecular formula is C51H49Br2N6NaO13S4. The van der Waals surface area contributed by atoms with Crippen LogP contribution in [0.3, 0.4) is 0 Å². The number of hydrogen-bond acceptors (Lipinski definition) is 15. The normalized spacial score (nSPS) is 14.6. The Morgan fingerprint density at radius 1 is 0.494 bits per heavy atom. The third-order valence-electron chi connectivity index (χ3n) is 10.8. The van der Waals surface area contributed by atoms with Crippen LogP contribution in [0.4, 0.5) is 0 Å². The van der Waals surface area contributed by atoms with Crippen molar-refractivity contribution < 1.29 is 92.5 Å². The zero-order valence-electron chi connectivity index (χ0n) is 40.4. The maximum Gasteiger partial charge on any atom is 1.00 e. The number of carbonyl (C=O) groups excluding carboxylic acids is 9. The first-order chi connectivity index (χ1) is 35.7. The number of hydrogen-bond donors (Lipinski definition) is 2. The van der Waals surface area contributed by atoms with Gasteiger partial charge in [0.2, 0.25) is 11.8 Å². The molecule has 0 atom stereocenters. The molecule has 9 amide bonds. The molecule has 0 spiro atoms. The monoisotopic (exact) mass is 1260 g/mol. The third kappa shape index (κ3) is 20.0. The molecule has 3 aromatic rings. The molecule has 4 aliphatic heterocycles. The van der Waals surface area contributed by atoms with E-state index in [0.717, 1.165) is 41.5 Å². The summed E-state index contributed by atoms with van der Waals surface area (Å²) in [7, 11) is 0. The van der Waals surface area contributed by atoms with E-state index in [2.05, 4.69) is 31.9 Å². The zero-order chi connectivity index (χ0) is 54.8. The number of halogens is 2. The van der Waals surface area contributed by atoms with Gasteiger partial charge in [0.25, 0.3) is 41.4 Å². The SMILES string of the molecule is C.O=C(O)CCC(=O)N(CCN1C(=O)C=C(Br)C1=O)CCN1C(=O)C=C(Br)C1=O.O=C(O)CCC(=O)N(CCN1C(=O)C=C(Sc2ccccc2)C1=O)CCN1C(=O)C=C(Sc2ccccc2)C1=S.[Na+].[S-]c1ccccc1. The summed E-state index contributed by atoms with van der Waals surface area (Å²) in [4.78, 5) is 143. The summed E-state index contributed by atoms with van der Waals surface area (Å²) >= 11 is 18.8. The van der Waals surface area contributed by atoms with Crippen molar-refractivity contribution in [2.45, 2.75) is 47.8 Å². The summed E-state index contributed by atoms with van der Waals surface area (Å²) in [5.74, 6) is -6.65. The summed E-state index contributed by atoms with van der Waals surface area (Å²) in [6.45, 7) is -0.280. The van der Waals surface area contributed by atoms with Crippen LogP contribution in [0.15, 0.2) is 149 Å². The van der Waals surface area contributed by atoms with E-state index in [1.54, 1.807) is 0 Å². The number of amides is 9. The first-order valence-corrected chi connectivity index (χ1v) is 26.6. The molecule has 0 unspecified atom stereocenters. The predicted octanol–water partition coefficient (Wildman–Crippen LogP) is 2.78. The first-order valence-electron chi connectivity index (χ1n) is 22.5. The van der Waals surface area contributed by atoms with Crippen molar-refractivity contribution in [2.24, 2.45) is 0 Å². The fraction of sp³-hybridized carbons (Fsp3) is 0.255. The summed E-state index contributed by atoms with van der Waals surface area (Å²) in [5.41, 5.74) is 0. The molecular weight excluding hydrogens is 1220 g/mol. The van der Waals surface area contributed by atoms with E-state index in [-0.39, 0.29) is 128 Å². The van der Waals surface area contributed by atoms with Crippen LogP contribution in [-0.2, 0) is 65.4 Å². The van der Waals surface area contributed by atoms with E-state index < -0.39 is 65.6 Å². The van der Waals surface area contributed by atoms with Crippen LogP contribution in [0.2, 0.25) is 0 Å². The Kier molecular flexibility index (Phi) is 27.5. The Hall–Kier alpha value is -5.64. The van der Waals surface area contributed by atoms with E-state index in [9.17, 15) is 52.7 Å². The van der Waals surface area contributed by atoms with E-state index in [4.69, 9.17) is 35.1 Å². The first kappa shape index (κ1) is 65.6. The summed E-state index contributed by atoms with van der Waals surface area (Å²) in [6.07, 6.45) is 3.66. The van der Waals surface area contributed by atoms with Gasteiger partial charge < -0.3 is 32.6 Å². The van der Waals surface area contributed by atoms with Gasteiger partial charge in [-0.05, 0) is 56.1 Å². The molecule has 0 aliphatic carbocycles. The second-order valence-electron chi connectivity index (χ2n) is 15.9. The standard InChI is InChI=1S/C28H25N3O6S3.C16H15Br2N3O7.C6H6S.CH4.Na/c32-23(11-12-26(35)36)29(13-15-30-24(33)17-21(27(30)37)39-19-7-3-1-4-8-19)14-16-31-25(34)18-22(28(31)38)40-20-9-5-2-6-10-20;17-9-7-12(23)20(15(9)27)5-3-19(11(22)1-2-14(25)26)4-6-21-13(24)8-10(18)16(21)28;7-6-4-2-1-3-5-6;;/h1-10,17-18H,11-16H2,(H,35,36);7-8H,1-6H2,(H,25,26);1-5,7H;1H4;/q;;;;+1/p-1. The average molecular weight is 1270 g/mol. The minimum Gasteiger partial charge on any atom is -0.780 e. The smallest absolute Gasteiger partial charge is 0.780 e. The molecule has 7 rings (SSSR count). The molecule has 0 fully saturated rings. The van der Waals surface area contributed by atoms with Gasteiger partial charge in [-0.15, -0.1) is 0 Å². The molecule has 4 heterocycles. The molecule has 26 heteroatoms. The minimum atomic E-state index is -1.15. The van der Waals surface area contributed by atoms with Crippen molar-refractivity contribution in [3.63, 3.8) is 0 Å². The molecule has 0 saturated heterocycles. The Balaban J connectivity index is 0.000000366. The summed E-state index contributed by atoms with van der Waals surface area (Å²) < 4.78 is 0.205. The zero-order valence-corrected chi connectivity index (χ0v) is 48.9. The Morgan fingerprint density at radius 2 is 0.818 bits per heavy atom. The van der Waals surface area contributed by atoms with Gasteiger partial charge in [0.15, 0.2) is 0 Å². The second-order valence-corrected chi connectivity index (χ2v) is 20.7. The number of imide groups is 3. The number of aliphatic carboxylic acids is 2. The van der Waals surface area contributed by atoms with Gasteiger partial charge in [-0.2, -0.15) is 4.90 Å². The van der Waals surface area contributed by atoms with Gasteiger partial charge in [-0.25, -0.2) is 0 Å². The van der Waals surface area contributed by atoms with Crippen molar-refractivity contribution in [3.8, 4) is 0 Å². The molecule has 0 saturated carbocycles. The quantitative estimate of drug-likeness (QED) is 0.0636. The van der Waals surface area contributed by atoms with Crippen LogP contribution >= 0.6 is 67.6 Å². The number of carboxylic acid groups (broad SMARTS) is 2. The van der Waals surface area contributed by atoms with Gasteiger partial charge in [0.05, 0.1) is 31.6 Å². The number of thiocarbonyl (C=S) groups is 1. The van der Waals surface area contributed by atoms with Gasteiger partial charge in [-0.3, -0.25) is 72.3 Å². The minimum absolute atomic E-state index is 0. The van der Waals surface area contributed by atoms with Gasteiger partial charge in [0, 0.05) is 99.3 Å². The van der Waals surface area contributed by atoms with Crippen molar-refractivity contribution >= 4 is 150 Å². The number of thioether (sulfide) groups is 2. The van der Waals surface area contributed by atoms with Crippen molar-refractivity contribution in [1.29, 1.82) is 0 Å². The molecule has 400 valence electrons. The largest absolute Gasteiger partial charge is 1.00 e. The predicted molar refractivity (Wildman–Crippen MR) is 295 cm³/mol. The van der Waals surface area contributed by atoms with Gasteiger partial charge in [-0.1, -0.05) is 110 Å². The molecule has 0 radical (unpaired) electrons. The Labute approximate surface area is 502 Å². The fourth-order valence-electron chi connectivity index (χ4n) is 6.92. The average Bonchev–Trinajstić information content (AvgIpc) is 3.99. The number of carboxylic acids is 2. The van der Waals surface area contributed by atoms with E-state index in [1.165, 1.54) is 50.4 Å². The van der Waals surface area contributed by atoms with Crippen LogP contribution < -0.4 is 29.6 Å². The Bertz CT molecular complexity index is 2740. The number of nitrogens with zero attached hydrogens (tertiary/aromatic N) is 6. The summed E-state index contributed by atoms with van der Waals surface area (Å²) in [6, 6.07) is 28.3. The maximum absolute atomic E-state index is 12.9. The van der Waals surface area contributed by atoms with Crippen LogP contribution in [0, 0.1) is 0 Å². The van der Waals surface area contributed by atoms with Crippen LogP contribution in [0.5, 0.6) is 0 Å². The molecule has 2 N–H and O–H groups in total. The number of carbonyl (C=O) groups is 11. The topological polar surface area (TPSA) is 248 Å².